The van der Waals surface area contributed by atoms with Crippen LogP contribution in [0.25, 0.3) is 0 Å². The van der Waals surface area contributed by atoms with E-state index in [1.165, 1.54) is 5.56 Å². The number of hydrogen-bond acceptors (Lipinski definition) is 4. The Kier molecular flexibility index (Phi) is 9.43. The third-order valence-corrected chi connectivity index (χ3v) is 4.43. The number of nitrogens with two attached hydrogens (primary N) is 1. The maximum Gasteiger partial charge on any atom is 0.254 e. The minimum absolute atomic E-state index is 0. The maximum atomic E-state index is 12.6. The normalized spacial score (nSPS) is 14.0. The summed E-state index contributed by atoms with van der Waals surface area (Å²) in [6.45, 7) is 6.80. The van der Waals surface area contributed by atoms with E-state index in [0.717, 1.165) is 38.5 Å². The second kappa shape index (κ2) is 11.0. The van der Waals surface area contributed by atoms with E-state index in [2.05, 4.69) is 17.0 Å². The van der Waals surface area contributed by atoms with Crippen LogP contribution in [0.5, 0.6) is 5.75 Å². The number of carbonyl (C=O) groups excluding carboxylic acids is 1. The predicted octanol–water partition coefficient (Wildman–Crippen LogP) is 3.47. The second-order valence-corrected chi connectivity index (χ2v) is 6.27. The third-order valence-electron chi connectivity index (χ3n) is 4.43. The molecule has 3 rings (SSSR count). The number of hydrogen-bond donors (Lipinski definition) is 1. The molecule has 1 amide bonds. The summed E-state index contributed by atoms with van der Waals surface area (Å²) in [6.07, 6.45) is 0. The van der Waals surface area contributed by atoms with Gasteiger partial charge in [-0.05, 0) is 42.8 Å². The maximum absolute atomic E-state index is 12.6. The molecule has 0 bridgehead atoms. The first-order valence-corrected chi connectivity index (χ1v) is 8.74. The van der Waals surface area contributed by atoms with E-state index in [1.54, 1.807) is 12.1 Å². The van der Waals surface area contributed by atoms with E-state index in [4.69, 9.17) is 10.5 Å². The Balaban J connectivity index is 0.00000182. The fraction of sp³-hybridized carbons (Fsp3) is 0.350. The lowest BCUT2D eigenvalue weighted by atomic mass is 10.1. The largest absolute Gasteiger partial charge is 0.494 e. The Morgan fingerprint density at radius 1 is 1.04 bits per heavy atom. The lowest BCUT2D eigenvalue weighted by Crippen LogP contribution is -2.48. The quantitative estimate of drug-likeness (QED) is 0.765. The molecular weight excluding hydrogens is 385 g/mol. The first-order valence-electron chi connectivity index (χ1n) is 8.74. The van der Waals surface area contributed by atoms with Crippen molar-refractivity contribution in [1.82, 2.24) is 9.80 Å². The van der Waals surface area contributed by atoms with Crippen LogP contribution in [-0.2, 0) is 6.54 Å². The number of rotatable bonds is 5. The number of nitrogens with zero attached hydrogens (tertiary/aromatic N) is 2. The first-order chi connectivity index (χ1) is 12.2. The highest BCUT2D eigenvalue weighted by atomic mass is 35.5. The fourth-order valence-electron chi connectivity index (χ4n) is 3.08. The molecule has 1 saturated heterocycles. The first kappa shape index (κ1) is 23.1. The topological polar surface area (TPSA) is 58.8 Å². The molecule has 1 heterocycles. The molecule has 148 valence electrons. The summed E-state index contributed by atoms with van der Waals surface area (Å²) in [5.41, 5.74) is 8.33. The van der Waals surface area contributed by atoms with Crippen LogP contribution in [0.3, 0.4) is 0 Å². The Labute approximate surface area is 173 Å². The average molecular weight is 412 g/mol. The molecule has 0 atom stereocenters. The van der Waals surface area contributed by atoms with Crippen molar-refractivity contribution in [2.24, 2.45) is 0 Å². The van der Waals surface area contributed by atoms with Gasteiger partial charge >= 0.3 is 0 Å². The number of ether oxygens (including phenoxy) is 1. The lowest BCUT2D eigenvalue weighted by Gasteiger charge is -2.34. The summed E-state index contributed by atoms with van der Waals surface area (Å²) in [4.78, 5) is 16.8. The van der Waals surface area contributed by atoms with Crippen LogP contribution in [0.4, 0.5) is 5.69 Å². The van der Waals surface area contributed by atoms with Crippen molar-refractivity contribution < 1.29 is 9.53 Å². The minimum atomic E-state index is 0. The van der Waals surface area contributed by atoms with Crippen molar-refractivity contribution in [3.8, 4) is 5.75 Å². The Hall–Kier alpha value is -1.95. The molecule has 27 heavy (non-hydrogen) atoms. The molecule has 2 N–H and O–H groups in total. The Morgan fingerprint density at radius 2 is 1.70 bits per heavy atom. The van der Waals surface area contributed by atoms with E-state index in [1.807, 2.05) is 36.1 Å². The van der Waals surface area contributed by atoms with Crippen molar-refractivity contribution >= 4 is 36.4 Å². The molecule has 2 aromatic carbocycles. The predicted molar refractivity (Wildman–Crippen MR) is 114 cm³/mol. The highest BCUT2D eigenvalue weighted by Crippen LogP contribution is 2.16. The standard InChI is InChI=1S/C20H25N3O2.2ClH/c1-2-25-19-8-6-16(7-9-19)15-22-10-12-23(13-11-22)20(24)17-4-3-5-18(21)14-17;;/h3-9,14H,2,10-13,15,21H2,1H3;2*1H. The van der Waals surface area contributed by atoms with E-state index < -0.39 is 0 Å². The van der Waals surface area contributed by atoms with E-state index >= 15 is 0 Å². The molecule has 7 heteroatoms. The van der Waals surface area contributed by atoms with Gasteiger partial charge in [-0.3, -0.25) is 9.69 Å². The molecule has 1 aliphatic rings. The van der Waals surface area contributed by atoms with Gasteiger partial charge in [0.05, 0.1) is 6.61 Å². The number of nitrogen functional groups attached to an aromatic ring is 1. The number of halogens is 2. The molecule has 0 saturated carbocycles. The monoisotopic (exact) mass is 411 g/mol. The average Bonchev–Trinajstić information content (AvgIpc) is 2.64. The zero-order valence-corrected chi connectivity index (χ0v) is 17.1. The molecule has 0 aromatic heterocycles. The van der Waals surface area contributed by atoms with Gasteiger partial charge in [-0.2, -0.15) is 0 Å². The van der Waals surface area contributed by atoms with Crippen molar-refractivity contribution in [3.63, 3.8) is 0 Å². The van der Waals surface area contributed by atoms with Gasteiger partial charge in [-0.15, -0.1) is 24.8 Å². The van der Waals surface area contributed by atoms with Gasteiger partial charge in [0.2, 0.25) is 0 Å². The van der Waals surface area contributed by atoms with Gasteiger partial charge in [0.25, 0.3) is 5.91 Å². The van der Waals surface area contributed by atoms with Crippen LogP contribution >= 0.6 is 24.8 Å². The molecule has 1 aliphatic heterocycles. The lowest BCUT2D eigenvalue weighted by molar-refractivity contribution is 0.0628. The summed E-state index contributed by atoms with van der Waals surface area (Å²) < 4.78 is 5.47. The van der Waals surface area contributed by atoms with Crippen molar-refractivity contribution in [2.75, 3.05) is 38.5 Å². The molecule has 1 fully saturated rings. The number of piperazine rings is 1. The molecule has 0 spiro atoms. The smallest absolute Gasteiger partial charge is 0.254 e. The number of anilines is 1. The Bertz CT molecular complexity index is 717. The number of amides is 1. The van der Waals surface area contributed by atoms with Crippen LogP contribution in [-0.4, -0.2) is 48.5 Å². The van der Waals surface area contributed by atoms with Gasteiger partial charge < -0.3 is 15.4 Å². The van der Waals surface area contributed by atoms with E-state index in [9.17, 15) is 4.79 Å². The summed E-state index contributed by atoms with van der Waals surface area (Å²) in [6, 6.07) is 15.4. The van der Waals surface area contributed by atoms with Crippen LogP contribution in [0.15, 0.2) is 48.5 Å². The summed E-state index contributed by atoms with van der Waals surface area (Å²) in [5.74, 6) is 0.969. The SMILES string of the molecule is CCOc1ccc(CN2CCN(C(=O)c3cccc(N)c3)CC2)cc1.Cl.Cl. The van der Waals surface area contributed by atoms with Gasteiger partial charge in [0.1, 0.15) is 5.75 Å². The van der Waals surface area contributed by atoms with Crippen LogP contribution in [0.1, 0.15) is 22.8 Å². The molecule has 2 aromatic rings. The molecule has 0 unspecified atom stereocenters. The fourth-order valence-corrected chi connectivity index (χ4v) is 3.08. The van der Waals surface area contributed by atoms with Gasteiger partial charge in [-0.25, -0.2) is 0 Å². The third kappa shape index (κ3) is 6.31. The summed E-state index contributed by atoms with van der Waals surface area (Å²) >= 11 is 0. The highest BCUT2D eigenvalue weighted by molar-refractivity contribution is 5.95. The zero-order chi connectivity index (χ0) is 17.6. The molecule has 0 radical (unpaired) electrons. The Morgan fingerprint density at radius 3 is 2.30 bits per heavy atom. The zero-order valence-electron chi connectivity index (χ0n) is 15.5. The number of benzene rings is 2. The number of carbonyl (C=O) groups is 1. The summed E-state index contributed by atoms with van der Waals surface area (Å²) in [7, 11) is 0. The summed E-state index contributed by atoms with van der Waals surface area (Å²) in [5, 5.41) is 0. The van der Waals surface area contributed by atoms with Crippen molar-refractivity contribution in [2.45, 2.75) is 13.5 Å². The second-order valence-electron chi connectivity index (χ2n) is 6.27. The molecule has 5 nitrogen and oxygen atoms in total. The van der Waals surface area contributed by atoms with Gasteiger partial charge in [-0.1, -0.05) is 18.2 Å². The van der Waals surface area contributed by atoms with Crippen LogP contribution in [0.2, 0.25) is 0 Å². The van der Waals surface area contributed by atoms with Crippen LogP contribution < -0.4 is 10.5 Å². The van der Waals surface area contributed by atoms with Gasteiger partial charge in [0, 0.05) is 44.0 Å². The van der Waals surface area contributed by atoms with E-state index in [-0.39, 0.29) is 30.7 Å². The molecule has 0 aliphatic carbocycles. The van der Waals surface area contributed by atoms with Crippen molar-refractivity contribution in [3.05, 3.63) is 59.7 Å². The van der Waals surface area contributed by atoms with Crippen LogP contribution in [0, 0.1) is 0 Å². The van der Waals surface area contributed by atoms with Crippen molar-refractivity contribution in [1.29, 1.82) is 0 Å². The van der Waals surface area contributed by atoms with Gasteiger partial charge in [0.15, 0.2) is 0 Å². The molecular formula is C20H27Cl2N3O2. The highest BCUT2D eigenvalue weighted by Gasteiger charge is 2.22. The van der Waals surface area contributed by atoms with E-state index in [0.29, 0.717) is 17.9 Å². The minimum Gasteiger partial charge on any atom is -0.494 e.